The Kier molecular flexibility index (Phi) is 3.58. The highest BCUT2D eigenvalue weighted by molar-refractivity contribution is 5.16. The van der Waals surface area contributed by atoms with E-state index >= 15 is 0 Å². The zero-order chi connectivity index (χ0) is 9.84. The Bertz CT molecular complexity index is 213. The first-order chi connectivity index (χ1) is 6.15. The van der Waals surface area contributed by atoms with Gasteiger partial charge in [-0.15, -0.1) is 0 Å². The molecule has 0 fully saturated rings. The molecule has 0 aromatic heterocycles. The molecule has 0 saturated carbocycles. The Morgan fingerprint density at radius 2 is 2.23 bits per heavy atom. The minimum absolute atomic E-state index is 0.801. The highest BCUT2D eigenvalue weighted by Gasteiger charge is 2.20. The monoisotopic (exact) mass is 179 g/mol. The predicted molar refractivity (Wildman–Crippen MR) is 58.2 cm³/mol. The van der Waals surface area contributed by atoms with Gasteiger partial charge in [0, 0.05) is 5.70 Å². The molecule has 1 aliphatic rings. The number of allylic oxidation sites excluding steroid dienone is 2. The second kappa shape index (κ2) is 4.50. The average Bonchev–Trinajstić information content (AvgIpc) is 2.08. The molecule has 0 amide bonds. The molecule has 0 aromatic carbocycles. The first-order valence-electron chi connectivity index (χ1n) is 5.21. The van der Waals surface area contributed by atoms with E-state index in [1.807, 2.05) is 0 Å². The molecule has 74 valence electrons. The van der Waals surface area contributed by atoms with Gasteiger partial charge in [0.05, 0.1) is 0 Å². The molecule has 1 atom stereocenters. The fourth-order valence-corrected chi connectivity index (χ4v) is 1.97. The van der Waals surface area contributed by atoms with Gasteiger partial charge in [-0.1, -0.05) is 26.0 Å². The summed E-state index contributed by atoms with van der Waals surface area (Å²) >= 11 is 0. The van der Waals surface area contributed by atoms with Crippen LogP contribution in [0, 0.1) is 11.8 Å². The van der Waals surface area contributed by atoms with Crippen LogP contribution in [0.5, 0.6) is 0 Å². The van der Waals surface area contributed by atoms with E-state index in [-0.39, 0.29) is 0 Å². The lowest BCUT2D eigenvalue weighted by Crippen LogP contribution is -2.20. The van der Waals surface area contributed by atoms with Crippen LogP contribution < -0.4 is 5.32 Å². The fraction of sp³-hybridized carbons (Fsp3) is 0.667. The van der Waals surface area contributed by atoms with Crippen molar-refractivity contribution >= 4 is 0 Å². The lowest BCUT2D eigenvalue weighted by atomic mass is 9.81. The molecule has 1 unspecified atom stereocenters. The number of nitrogens with one attached hydrogen (secondary N) is 1. The summed E-state index contributed by atoms with van der Waals surface area (Å²) < 4.78 is 0. The van der Waals surface area contributed by atoms with E-state index in [9.17, 15) is 0 Å². The SMILES string of the molecule is C=CNC1=C(C)CCC(C(C)C)C1. The Labute approximate surface area is 81.9 Å². The van der Waals surface area contributed by atoms with E-state index < -0.39 is 0 Å². The highest BCUT2D eigenvalue weighted by Crippen LogP contribution is 2.32. The Morgan fingerprint density at radius 3 is 2.77 bits per heavy atom. The normalized spacial score (nSPS) is 23.5. The van der Waals surface area contributed by atoms with Gasteiger partial charge >= 0.3 is 0 Å². The topological polar surface area (TPSA) is 12.0 Å². The van der Waals surface area contributed by atoms with Crippen LogP contribution in [0.4, 0.5) is 0 Å². The molecule has 0 saturated heterocycles. The second-order valence-electron chi connectivity index (χ2n) is 4.35. The number of hydrogen-bond donors (Lipinski definition) is 1. The summed E-state index contributed by atoms with van der Waals surface area (Å²) in [4.78, 5) is 0. The van der Waals surface area contributed by atoms with Crippen molar-refractivity contribution in [3.63, 3.8) is 0 Å². The van der Waals surface area contributed by atoms with Crippen molar-refractivity contribution in [3.8, 4) is 0 Å². The van der Waals surface area contributed by atoms with Gasteiger partial charge in [-0.3, -0.25) is 0 Å². The first-order valence-corrected chi connectivity index (χ1v) is 5.21. The summed E-state index contributed by atoms with van der Waals surface area (Å²) in [5, 5.41) is 3.26. The molecule has 0 aliphatic heterocycles. The maximum absolute atomic E-state index is 3.71. The minimum atomic E-state index is 0.801. The Hall–Kier alpha value is -0.720. The van der Waals surface area contributed by atoms with Crippen LogP contribution >= 0.6 is 0 Å². The van der Waals surface area contributed by atoms with Gasteiger partial charge in [-0.2, -0.15) is 0 Å². The van der Waals surface area contributed by atoms with Gasteiger partial charge in [0.15, 0.2) is 0 Å². The van der Waals surface area contributed by atoms with Crippen molar-refractivity contribution in [3.05, 3.63) is 24.0 Å². The third-order valence-electron chi connectivity index (χ3n) is 3.09. The Morgan fingerprint density at radius 1 is 1.54 bits per heavy atom. The molecular formula is C12H21N. The van der Waals surface area contributed by atoms with Crippen molar-refractivity contribution in [1.29, 1.82) is 0 Å². The molecule has 1 heteroatoms. The van der Waals surface area contributed by atoms with E-state index in [4.69, 9.17) is 0 Å². The second-order valence-corrected chi connectivity index (χ2v) is 4.35. The number of hydrogen-bond acceptors (Lipinski definition) is 1. The van der Waals surface area contributed by atoms with Crippen molar-refractivity contribution in [2.45, 2.75) is 40.0 Å². The zero-order valence-electron chi connectivity index (χ0n) is 9.06. The summed E-state index contributed by atoms with van der Waals surface area (Å²) in [6, 6.07) is 0. The average molecular weight is 179 g/mol. The van der Waals surface area contributed by atoms with E-state index in [2.05, 4.69) is 32.7 Å². The van der Waals surface area contributed by atoms with E-state index in [1.165, 1.54) is 30.5 Å². The molecule has 1 rings (SSSR count). The van der Waals surface area contributed by atoms with Crippen LogP contribution in [-0.4, -0.2) is 0 Å². The quantitative estimate of drug-likeness (QED) is 0.699. The largest absolute Gasteiger partial charge is 0.366 e. The van der Waals surface area contributed by atoms with Crippen LogP contribution in [0.15, 0.2) is 24.0 Å². The molecule has 0 heterocycles. The minimum Gasteiger partial charge on any atom is -0.366 e. The lowest BCUT2D eigenvalue weighted by Gasteiger charge is -2.28. The molecule has 13 heavy (non-hydrogen) atoms. The van der Waals surface area contributed by atoms with Crippen LogP contribution in [-0.2, 0) is 0 Å². The van der Waals surface area contributed by atoms with Gasteiger partial charge < -0.3 is 5.32 Å². The van der Waals surface area contributed by atoms with Gasteiger partial charge in [-0.25, -0.2) is 0 Å². The summed E-state index contributed by atoms with van der Waals surface area (Å²) in [7, 11) is 0. The summed E-state index contributed by atoms with van der Waals surface area (Å²) in [6.07, 6.45) is 5.60. The van der Waals surface area contributed by atoms with Crippen molar-refractivity contribution in [2.24, 2.45) is 11.8 Å². The molecule has 0 radical (unpaired) electrons. The molecule has 1 nitrogen and oxygen atoms in total. The van der Waals surface area contributed by atoms with Crippen LogP contribution in [0.25, 0.3) is 0 Å². The predicted octanol–water partition coefficient (Wildman–Crippen LogP) is 3.45. The maximum Gasteiger partial charge on any atom is 0.0138 e. The van der Waals surface area contributed by atoms with Gasteiger partial charge in [0.25, 0.3) is 0 Å². The standard InChI is InChI=1S/C12H21N/c1-5-13-12-8-11(9(2)3)7-6-10(12)4/h5,9,11,13H,1,6-8H2,2-4H3. The van der Waals surface area contributed by atoms with E-state index in [0.29, 0.717) is 0 Å². The molecule has 1 N–H and O–H groups in total. The highest BCUT2D eigenvalue weighted by atomic mass is 14.9. The molecular weight excluding hydrogens is 158 g/mol. The smallest absolute Gasteiger partial charge is 0.0138 e. The molecule has 0 spiro atoms. The summed E-state index contributed by atoms with van der Waals surface area (Å²) in [5.74, 6) is 1.65. The van der Waals surface area contributed by atoms with Crippen LogP contribution in [0.2, 0.25) is 0 Å². The zero-order valence-corrected chi connectivity index (χ0v) is 9.06. The third kappa shape index (κ3) is 2.61. The molecule has 0 bridgehead atoms. The Balaban J connectivity index is 2.64. The van der Waals surface area contributed by atoms with E-state index in [1.54, 1.807) is 6.20 Å². The van der Waals surface area contributed by atoms with Gasteiger partial charge in [0.2, 0.25) is 0 Å². The number of rotatable bonds is 3. The summed E-state index contributed by atoms with van der Waals surface area (Å²) in [6.45, 7) is 10.6. The fourth-order valence-electron chi connectivity index (χ4n) is 1.97. The van der Waals surface area contributed by atoms with Gasteiger partial charge in [-0.05, 0) is 44.2 Å². The third-order valence-corrected chi connectivity index (χ3v) is 3.09. The van der Waals surface area contributed by atoms with Crippen LogP contribution in [0.1, 0.15) is 40.0 Å². The summed E-state index contributed by atoms with van der Waals surface area (Å²) in [5.41, 5.74) is 2.91. The van der Waals surface area contributed by atoms with Crippen LogP contribution in [0.3, 0.4) is 0 Å². The van der Waals surface area contributed by atoms with Crippen molar-refractivity contribution in [2.75, 3.05) is 0 Å². The first kappa shape index (κ1) is 10.4. The molecule has 1 aliphatic carbocycles. The van der Waals surface area contributed by atoms with Crippen molar-refractivity contribution in [1.82, 2.24) is 5.32 Å². The van der Waals surface area contributed by atoms with Crippen molar-refractivity contribution < 1.29 is 0 Å². The lowest BCUT2D eigenvalue weighted by molar-refractivity contribution is 0.336. The van der Waals surface area contributed by atoms with Gasteiger partial charge in [0.1, 0.15) is 0 Å². The maximum atomic E-state index is 3.71. The van der Waals surface area contributed by atoms with E-state index in [0.717, 1.165) is 11.8 Å². The molecule has 0 aromatic rings.